The smallest absolute Gasteiger partial charge is 0.255 e. The van der Waals surface area contributed by atoms with Crippen molar-refractivity contribution in [2.45, 2.75) is 39.7 Å². The molecule has 0 aliphatic carbocycles. The monoisotopic (exact) mass is 392 g/mol. The lowest BCUT2D eigenvalue weighted by molar-refractivity contribution is -0.118. The van der Waals surface area contributed by atoms with Crippen LogP contribution in [0, 0.1) is 6.92 Å². The van der Waals surface area contributed by atoms with E-state index < -0.39 is 0 Å². The standard InChI is InChI=1S/C23H28N4O2/c1-5-6-12-21(28)26(4)22-17(2)24-20-14-13-19(16-27(20)22)23(29)25(3)15-18-10-8-7-9-11-18/h7-11,13-14,16H,5-6,12,15H2,1-4H3. The average molecular weight is 393 g/mol. The molecule has 0 saturated heterocycles. The maximum atomic E-state index is 13.0. The third-order valence-corrected chi connectivity index (χ3v) is 5.05. The van der Waals surface area contributed by atoms with Gasteiger partial charge in [0.2, 0.25) is 5.91 Å². The number of aromatic nitrogens is 2. The quantitative estimate of drug-likeness (QED) is 0.609. The van der Waals surface area contributed by atoms with E-state index in [9.17, 15) is 9.59 Å². The predicted octanol–water partition coefficient (Wildman–Crippen LogP) is 4.07. The largest absolute Gasteiger partial charge is 0.337 e. The number of carbonyl (C=O) groups is 2. The summed E-state index contributed by atoms with van der Waals surface area (Å²) in [5, 5.41) is 0. The van der Waals surface area contributed by atoms with Crippen LogP contribution in [0.4, 0.5) is 5.82 Å². The Morgan fingerprint density at radius 1 is 1.07 bits per heavy atom. The third kappa shape index (κ3) is 4.47. The number of aryl methyl sites for hydroxylation is 1. The van der Waals surface area contributed by atoms with Crippen LogP contribution in [0.25, 0.3) is 5.65 Å². The van der Waals surface area contributed by atoms with E-state index in [2.05, 4.69) is 11.9 Å². The number of amides is 2. The van der Waals surface area contributed by atoms with E-state index in [0.29, 0.717) is 24.3 Å². The van der Waals surface area contributed by atoms with Crippen LogP contribution in [-0.4, -0.2) is 40.2 Å². The fourth-order valence-corrected chi connectivity index (χ4v) is 3.44. The molecule has 152 valence electrons. The summed E-state index contributed by atoms with van der Waals surface area (Å²) in [5.74, 6) is 0.684. The first-order chi connectivity index (χ1) is 13.9. The molecule has 0 spiro atoms. The zero-order chi connectivity index (χ0) is 21.0. The number of hydrogen-bond acceptors (Lipinski definition) is 3. The van der Waals surface area contributed by atoms with Gasteiger partial charge in [0, 0.05) is 33.3 Å². The maximum absolute atomic E-state index is 13.0. The van der Waals surface area contributed by atoms with E-state index >= 15 is 0 Å². The van der Waals surface area contributed by atoms with E-state index in [-0.39, 0.29) is 11.8 Å². The first-order valence-electron chi connectivity index (χ1n) is 9.97. The number of benzene rings is 1. The number of nitrogens with zero attached hydrogens (tertiary/aromatic N) is 4. The van der Waals surface area contributed by atoms with Crippen LogP contribution >= 0.6 is 0 Å². The van der Waals surface area contributed by atoms with Gasteiger partial charge in [0.1, 0.15) is 11.5 Å². The van der Waals surface area contributed by atoms with Gasteiger partial charge >= 0.3 is 0 Å². The average Bonchev–Trinajstić information content (AvgIpc) is 3.06. The third-order valence-electron chi connectivity index (χ3n) is 5.05. The van der Waals surface area contributed by atoms with Crippen LogP contribution in [0.1, 0.15) is 47.8 Å². The van der Waals surface area contributed by atoms with Crippen molar-refractivity contribution in [2.24, 2.45) is 0 Å². The second kappa shape index (κ2) is 8.90. The molecule has 29 heavy (non-hydrogen) atoms. The first kappa shape index (κ1) is 20.6. The molecule has 6 heteroatoms. The van der Waals surface area contributed by atoms with Crippen molar-refractivity contribution < 1.29 is 9.59 Å². The molecule has 0 fully saturated rings. The molecule has 2 aromatic heterocycles. The molecule has 0 N–H and O–H groups in total. The highest BCUT2D eigenvalue weighted by atomic mass is 16.2. The molecule has 3 aromatic rings. The van der Waals surface area contributed by atoms with Crippen molar-refractivity contribution in [1.82, 2.24) is 14.3 Å². The molecule has 0 aliphatic rings. The van der Waals surface area contributed by atoms with Crippen LogP contribution < -0.4 is 4.90 Å². The highest BCUT2D eigenvalue weighted by Gasteiger charge is 2.20. The minimum absolute atomic E-state index is 0.0506. The number of unbranched alkanes of at least 4 members (excludes halogenated alkanes) is 1. The zero-order valence-electron chi connectivity index (χ0n) is 17.6. The van der Waals surface area contributed by atoms with Gasteiger partial charge in [-0.05, 0) is 31.0 Å². The van der Waals surface area contributed by atoms with Crippen molar-refractivity contribution in [2.75, 3.05) is 19.0 Å². The highest BCUT2D eigenvalue weighted by Crippen LogP contribution is 2.23. The highest BCUT2D eigenvalue weighted by molar-refractivity contribution is 5.95. The summed E-state index contributed by atoms with van der Waals surface area (Å²) in [6.07, 6.45) is 4.10. The molecule has 0 atom stereocenters. The molecule has 2 amide bonds. The summed E-state index contributed by atoms with van der Waals surface area (Å²) in [6, 6.07) is 13.5. The summed E-state index contributed by atoms with van der Waals surface area (Å²) < 4.78 is 1.84. The van der Waals surface area contributed by atoms with Crippen molar-refractivity contribution in [1.29, 1.82) is 0 Å². The van der Waals surface area contributed by atoms with Gasteiger partial charge in [0.25, 0.3) is 5.91 Å². The van der Waals surface area contributed by atoms with Gasteiger partial charge in [-0.25, -0.2) is 4.98 Å². The lowest BCUT2D eigenvalue weighted by Gasteiger charge is -2.19. The van der Waals surface area contributed by atoms with Crippen molar-refractivity contribution in [3.8, 4) is 0 Å². The van der Waals surface area contributed by atoms with E-state index in [4.69, 9.17) is 0 Å². The van der Waals surface area contributed by atoms with E-state index in [0.717, 1.165) is 29.7 Å². The summed E-state index contributed by atoms with van der Waals surface area (Å²) in [6.45, 7) is 4.48. The Morgan fingerprint density at radius 3 is 2.48 bits per heavy atom. The van der Waals surface area contributed by atoms with E-state index in [1.165, 1.54) is 0 Å². The summed E-state index contributed by atoms with van der Waals surface area (Å²) in [5.41, 5.74) is 3.11. The molecule has 1 aromatic carbocycles. The Balaban J connectivity index is 1.88. The van der Waals surface area contributed by atoms with Crippen LogP contribution in [0.2, 0.25) is 0 Å². The second-order valence-electron chi connectivity index (χ2n) is 7.37. The van der Waals surface area contributed by atoms with E-state index in [1.54, 1.807) is 36.2 Å². The Labute approximate surface area is 171 Å². The normalized spacial score (nSPS) is 10.9. The molecule has 0 bridgehead atoms. The van der Waals surface area contributed by atoms with E-state index in [1.807, 2.05) is 47.7 Å². The Morgan fingerprint density at radius 2 is 1.79 bits per heavy atom. The summed E-state index contributed by atoms with van der Waals surface area (Å²) in [4.78, 5) is 33.4. The minimum Gasteiger partial charge on any atom is -0.337 e. The van der Waals surface area contributed by atoms with Crippen molar-refractivity contribution in [3.05, 3.63) is 65.5 Å². The summed E-state index contributed by atoms with van der Waals surface area (Å²) >= 11 is 0. The SMILES string of the molecule is CCCCC(=O)N(C)c1c(C)nc2ccc(C(=O)N(C)Cc3ccccc3)cn12. The molecular weight excluding hydrogens is 364 g/mol. The molecule has 0 saturated carbocycles. The fourth-order valence-electron chi connectivity index (χ4n) is 3.44. The number of anilines is 1. The molecule has 3 rings (SSSR count). The number of imidazole rings is 1. The van der Waals surface area contributed by atoms with Crippen LogP contribution in [0.3, 0.4) is 0 Å². The van der Waals surface area contributed by atoms with Crippen molar-refractivity contribution >= 4 is 23.3 Å². The Hall–Kier alpha value is -3.15. The molecular formula is C23H28N4O2. The number of fused-ring (bicyclic) bond motifs is 1. The predicted molar refractivity (Wildman–Crippen MR) is 115 cm³/mol. The molecule has 2 heterocycles. The van der Waals surface area contributed by atoms with Crippen LogP contribution in [0.5, 0.6) is 0 Å². The lowest BCUT2D eigenvalue weighted by atomic mass is 10.2. The van der Waals surface area contributed by atoms with Crippen LogP contribution in [0.15, 0.2) is 48.7 Å². The van der Waals surface area contributed by atoms with Gasteiger partial charge < -0.3 is 4.90 Å². The van der Waals surface area contributed by atoms with Gasteiger partial charge in [-0.15, -0.1) is 0 Å². The number of pyridine rings is 1. The minimum atomic E-state index is -0.0759. The molecule has 0 aliphatic heterocycles. The van der Waals surface area contributed by atoms with Gasteiger partial charge in [-0.2, -0.15) is 0 Å². The second-order valence-corrected chi connectivity index (χ2v) is 7.37. The van der Waals surface area contributed by atoms with Crippen molar-refractivity contribution in [3.63, 3.8) is 0 Å². The van der Waals surface area contributed by atoms with Gasteiger partial charge in [-0.3, -0.25) is 18.9 Å². The zero-order valence-corrected chi connectivity index (χ0v) is 17.6. The molecule has 0 radical (unpaired) electrons. The Bertz CT molecular complexity index is 1010. The first-order valence-corrected chi connectivity index (χ1v) is 9.97. The molecule has 0 unspecified atom stereocenters. The van der Waals surface area contributed by atoms with Gasteiger partial charge in [-0.1, -0.05) is 43.7 Å². The van der Waals surface area contributed by atoms with Gasteiger partial charge in [0.15, 0.2) is 0 Å². The number of carbonyl (C=O) groups excluding carboxylic acids is 2. The number of rotatable bonds is 7. The summed E-state index contributed by atoms with van der Waals surface area (Å²) in [7, 11) is 3.56. The molecule has 6 nitrogen and oxygen atoms in total. The maximum Gasteiger partial charge on any atom is 0.255 e. The van der Waals surface area contributed by atoms with Gasteiger partial charge in [0.05, 0.1) is 11.3 Å². The van der Waals surface area contributed by atoms with Crippen LogP contribution in [-0.2, 0) is 11.3 Å². The Kier molecular flexibility index (Phi) is 6.32. The topological polar surface area (TPSA) is 57.9 Å². The lowest BCUT2D eigenvalue weighted by Crippen LogP contribution is -2.28. The fraction of sp³-hybridized carbons (Fsp3) is 0.348. The number of hydrogen-bond donors (Lipinski definition) is 0.